The maximum atomic E-state index is 11.6. The van der Waals surface area contributed by atoms with Crippen molar-refractivity contribution in [1.29, 1.82) is 0 Å². The molecule has 1 aromatic rings. The Morgan fingerprint density at radius 3 is 2.75 bits per heavy atom. The van der Waals surface area contributed by atoms with Gasteiger partial charge in [-0.2, -0.15) is 11.8 Å². The first kappa shape index (κ1) is 11.8. The fourth-order valence-electron chi connectivity index (χ4n) is 1.78. The first-order valence-electron chi connectivity index (χ1n) is 5.21. The van der Waals surface area contributed by atoms with Gasteiger partial charge in [0.15, 0.2) is 9.84 Å². The van der Waals surface area contributed by atoms with Crippen molar-refractivity contribution < 1.29 is 8.42 Å². The molecule has 1 heterocycles. The zero-order valence-electron chi connectivity index (χ0n) is 9.14. The Hall–Kier alpha value is -0.680. The Balaban J connectivity index is 2.26. The summed E-state index contributed by atoms with van der Waals surface area (Å²) in [6, 6.07) is 7.50. The zero-order valence-corrected chi connectivity index (χ0v) is 10.8. The van der Waals surface area contributed by atoms with Crippen LogP contribution in [0.4, 0.5) is 5.69 Å². The number of para-hydroxylation sites is 1. The summed E-state index contributed by atoms with van der Waals surface area (Å²) in [5.74, 6) is 2.21. The Kier molecular flexibility index (Phi) is 3.44. The van der Waals surface area contributed by atoms with Crippen molar-refractivity contribution in [2.75, 3.05) is 23.1 Å². The molecule has 0 spiro atoms. The lowest BCUT2D eigenvalue weighted by Gasteiger charge is -2.15. The molecule has 16 heavy (non-hydrogen) atoms. The lowest BCUT2D eigenvalue weighted by atomic mass is 10.2. The number of hydrogen-bond donors (Lipinski definition) is 1. The molecule has 1 N–H and O–H groups in total. The molecule has 1 atom stereocenters. The largest absolute Gasteiger partial charge is 0.380 e. The van der Waals surface area contributed by atoms with Crippen LogP contribution in [0.1, 0.15) is 6.42 Å². The highest BCUT2D eigenvalue weighted by Crippen LogP contribution is 2.25. The lowest BCUT2D eigenvalue weighted by Crippen LogP contribution is -2.19. The van der Waals surface area contributed by atoms with E-state index in [1.165, 1.54) is 6.26 Å². The van der Waals surface area contributed by atoms with Crippen LogP contribution in [-0.2, 0) is 9.84 Å². The Morgan fingerprint density at radius 2 is 2.12 bits per heavy atom. The Bertz CT molecular complexity index is 465. The molecule has 2 rings (SSSR count). The zero-order chi connectivity index (χ0) is 11.6. The predicted octanol–water partition coefficient (Wildman–Crippen LogP) is 2.01. The van der Waals surface area contributed by atoms with E-state index in [4.69, 9.17) is 0 Å². The van der Waals surface area contributed by atoms with Gasteiger partial charge in [-0.05, 0) is 24.3 Å². The van der Waals surface area contributed by atoms with Crippen molar-refractivity contribution >= 4 is 27.3 Å². The van der Waals surface area contributed by atoms with Gasteiger partial charge in [-0.3, -0.25) is 0 Å². The van der Waals surface area contributed by atoms with E-state index in [1.807, 2.05) is 23.9 Å². The number of sulfone groups is 1. The summed E-state index contributed by atoms with van der Waals surface area (Å²) in [7, 11) is -3.14. The predicted molar refractivity (Wildman–Crippen MR) is 68.9 cm³/mol. The molecule has 1 saturated heterocycles. The second kappa shape index (κ2) is 4.67. The van der Waals surface area contributed by atoms with E-state index in [0.29, 0.717) is 10.9 Å². The van der Waals surface area contributed by atoms with E-state index in [0.717, 1.165) is 23.6 Å². The quantitative estimate of drug-likeness (QED) is 0.899. The molecule has 0 amide bonds. The van der Waals surface area contributed by atoms with Crippen LogP contribution >= 0.6 is 11.8 Å². The molecule has 88 valence electrons. The average molecular weight is 257 g/mol. The maximum absolute atomic E-state index is 11.6. The molecule has 1 aromatic carbocycles. The monoisotopic (exact) mass is 257 g/mol. The van der Waals surface area contributed by atoms with Crippen molar-refractivity contribution in [3.63, 3.8) is 0 Å². The maximum Gasteiger partial charge on any atom is 0.177 e. The summed E-state index contributed by atoms with van der Waals surface area (Å²) in [6.45, 7) is 0. The van der Waals surface area contributed by atoms with E-state index in [1.54, 1.807) is 12.1 Å². The summed E-state index contributed by atoms with van der Waals surface area (Å²) < 4.78 is 23.2. The van der Waals surface area contributed by atoms with Crippen molar-refractivity contribution in [2.45, 2.75) is 17.4 Å². The second-order valence-electron chi connectivity index (χ2n) is 3.97. The SMILES string of the molecule is CS(=O)(=O)c1ccccc1NC1CCSC1. The van der Waals surface area contributed by atoms with Crippen molar-refractivity contribution in [2.24, 2.45) is 0 Å². The molecule has 1 fully saturated rings. The van der Waals surface area contributed by atoms with E-state index >= 15 is 0 Å². The van der Waals surface area contributed by atoms with E-state index in [2.05, 4.69) is 5.32 Å². The molecule has 0 radical (unpaired) electrons. The minimum atomic E-state index is -3.14. The lowest BCUT2D eigenvalue weighted by molar-refractivity contribution is 0.602. The summed E-state index contributed by atoms with van der Waals surface area (Å²) >= 11 is 1.90. The summed E-state index contributed by atoms with van der Waals surface area (Å²) in [5.41, 5.74) is 0.734. The highest BCUT2D eigenvalue weighted by Gasteiger charge is 2.18. The minimum absolute atomic E-state index is 0.395. The summed E-state index contributed by atoms with van der Waals surface area (Å²) in [5, 5.41) is 3.32. The average Bonchev–Trinajstić information content (AvgIpc) is 2.70. The molecule has 0 bridgehead atoms. The van der Waals surface area contributed by atoms with Crippen LogP contribution < -0.4 is 5.32 Å². The van der Waals surface area contributed by atoms with Crippen molar-refractivity contribution in [3.8, 4) is 0 Å². The number of nitrogens with one attached hydrogen (secondary N) is 1. The molecule has 0 saturated carbocycles. The van der Waals surface area contributed by atoms with E-state index < -0.39 is 9.84 Å². The highest BCUT2D eigenvalue weighted by molar-refractivity contribution is 7.99. The number of benzene rings is 1. The van der Waals surface area contributed by atoms with Crippen LogP contribution in [0.15, 0.2) is 29.2 Å². The van der Waals surface area contributed by atoms with Crippen LogP contribution in [-0.4, -0.2) is 32.2 Å². The fraction of sp³-hybridized carbons (Fsp3) is 0.455. The summed E-state index contributed by atoms with van der Waals surface area (Å²) in [6.07, 6.45) is 2.35. The number of hydrogen-bond acceptors (Lipinski definition) is 4. The van der Waals surface area contributed by atoms with Crippen LogP contribution in [0, 0.1) is 0 Å². The Labute approximate surface area is 101 Å². The van der Waals surface area contributed by atoms with Gasteiger partial charge in [0.2, 0.25) is 0 Å². The van der Waals surface area contributed by atoms with Gasteiger partial charge in [0.25, 0.3) is 0 Å². The van der Waals surface area contributed by atoms with Gasteiger partial charge in [0, 0.05) is 18.1 Å². The van der Waals surface area contributed by atoms with Crippen LogP contribution in [0.2, 0.25) is 0 Å². The molecule has 0 aromatic heterocycles. The normalized spacial score (nSPS) is 20.9. The van der Waals surface area contributed by atoms with Gasteiger partial charge in [-0.15, -0.1) is 0 Å². The second-order valence-corrected chi connectivity index (χ2v) is 7.11. The van der Waals surface area contributed by atoms with E-state index in [9.17, 15) is 8.42 Å². The number of thioether (sulfide) groups is 1. The topological polar surface area (TPSA) is 46.2 Å². The standard InChI is InChI=1S/C11H15NO2S2/c1-16(13,14)11-5-3-2-4-10(11)12-9-6-7-15-8-9/h2-5,9,12H,6-8H2,1H3. The van der Waals surface area contributed by atoms with Gasteiger partial charge in [-0.25, -0.2) is 8.42 Å². The highest BCUT2D eigenvalue weighted by atomic mass is 32.2. The summed E-state index contributed by atoms with van der Waals surface area (Å²) in [4.78, 5) is 0.395. The van der Waals surface area contributed by atoms with Crippen molar-refractivity contribution in [3.05, 3.63) is 24.3 Å². The molecule has 1 aliphatic rings. The van der Waals surface area contributed by atoms with Crippen molar-refractivity contribution in [1.82, 2.24) is 0 Å². The first-order valence-corrected chi connectivity index (χ1v) is 8.25. The third-order valence-electron chi connectivity index (χ3n) is 2.58. The molecule has 5 heteroatoms. The molecule has 0 aliphatic carbocycles. The molecule has 1 unspecified atom stereocenters. The third kappa shape index (κ3) is 2.71. The fourth-order valence-corrected chi connectivity index (χ4v) is 3.78. The third-order valence-corrected chi connectivity index (χ3v) is 4.89. The van der Waals surface area contributed by atoms with Crippen LogP contribution in [0.25, 0.3) is 0 Å². The molecular formula is C11H15NO2S2. The molecular weight excluding hydrogens is 242 g/mol. The van der Waals surface area contributed by atoms with Gasteiger partial charge in [-0.1, -0.05) is 12.1 Å². The van der Waals surface area contributed by atoms with Gasteiger partial charge in [0.1, 0.15) is 0 Å². The minimum Gasteiger partial charge on any atom is -0.380 e. The first-order chi connectivity index (χ1) is 7.57. The Morgan fingerprint density at radius 1 is 1.38 bits per heavy atom. The van der Waals surface area contributed by atoms with Gasteiger partial charge < -0.3 is 5.32 Å². The van der Waals surface area contributed by atoms with Gasteiger partial charge >= 0.3 is 0 Å². The molecule has 3 nitrogen and oxygen atoms in total. The number of anilines is 1. The van der Waals surface area contributed by atoms with Gasteiger partial charge in [0.05, 0.1) is 10.6 Å². The molecule has 1 aliphatic heterocycles. The number of rotatable bonds is 3. The smallest absolute Gasteiger partial charge is 0.177 e. The van der Waals surface area contributed by atoms with Crippen LogP contribution in [0.3, 0.4) is 0 Å². The van der Waals surface area contributed by atoms with Crippen LogP contribution in [0.5, 0.6) is 0 Å². The van der Waals surface area contributed by atoms with E-state index in [-0.39, 0.29) is 0 Å².